The highest BCUT2D eigenvalue weighted by atomic mass is 32.2. The summed E-state index contributed by atoms with van der Waals surface area (Å²) < 4.78 is 34.1. The van der Waals surface area contributed by atoms with E-state index in [2.05, 4.69) is 4.72 Å². The third-order valence-corrected chi connectivity index (χ3v) is 5.05. The first kappa shape index (κ1) is 16.0. The molecule has 0 amide bonds. The first-order valence-electron chi connectivity index (χ1n) is 6.81. The smallest absolute Gasteiger partial charge is 0.352 e. The number of hydrogen-bond donors (Lipinski definition) is 2. The molecule has 0 radical (unpaired) electrons. The van der Waals surface area contributed by atoms with Gasteiger partial charge in [-0.1, -0.05) is 0 Å². The summed E-state index contributed by atoms with van der Waals surface area (Å²) in [5, 5.41) is 9.16. The Morgan fingerprint density at radius 3 is 2.62 bits per heavy atom. The molecule has 0 aromatic carbocycles. The zero-order valence-electron chi connectivity index (χ0n) is 12.2. The predicted molar refractivity (Wildman–Crippen MR) is 75.9 cm³/mol. The van der Waals surface area contributed by atoms with Gasteiger partial charge in [-0.05, 0) is 33.3 Å². The highest BCUT2D eigenvalue weighted by Crippen LogP contribution is 2.21. The van der Waals surface area contributed by atoms with Gasteiger partial charge in [0.2, 0.25) is 10.0 Å². The summed E-state index contributed by atoms with van der Waals surface area (Å²) in [6, 6.07) is 0.755. The normalized spacial score (nSPS) is 22.9. The van der Waals surface area contributed by atoms with E-state index in [-0.39, 0.29) is 28.8 Å². The molecule has 0 spiro atoms. The van der Waals surface area contributed by atoms with Crippen LogP contribution in [-0.4, -0.2) is 42.8 Å². The minimum atomic E-state index is -3.76. The lowest BCUT2D eigenvalue weighted by Gasteiger charge is -2.15. The Morgan fingerprint density at radius 1 is 1.52 bits per heavy atom. The van der Waals surface area contributed by atoms with Gasteiger partial charge in [0, 0.05) is 18.8 Å². The number of carboxylic acids is 1. The third-order valence-electron chi connectivity index (χ3n) is 3.59. The second kappa shape index (κ2) is 5.78. The van der Waals surface area contributed by atoms with E-state index in [9.17, 15) is 13.2 Å². The molecule has 118 valence electrons. The van der Waals surface area contributed by atoms with Gasteiger partial charge in [-0.2, -0.15) is 0 Å². The largest absolute Gasteiger partial charge is 0.477 e. The Labute approximate surface area is 124 Å². The lowest BCUT2D eigenvalue weighted by atomic mass is 10.2. The summed E-state index contributed by atoms with van der Waals surface area (Å²) in [4.78, 5) is 11.2. The summed E-state index contributed by atoms with van der Waals surface area (Å²) in [6.07, 6.45) is 1.78. The lowest BCUT2D eigenvalue weighted by Crippen LogP contribution is -2.38. The molecule has 21 heavy (non-hydrogen) atoms. The molecule has 2 rings (SSSR count). The van der Waals surface area contributed by atoms with Gasteiger partial charge in [-0.3, -0.25) is 0 Å². The second-order valence-corrected chi connectivity index (χ2v) is 7.17. The Balaban J connectivity index is 2.32. The van der Waals surface area contributed by atoms with Gasteiger partial charge in [0.05, 0.1) is 12.1 Å². The van der Waals surface area contributed by atoms with Crippen molar-refractivity contribution in [1.29, 1.82) is 0 Å². The van der Waals surface area contributed by atoms with Gasteiger partial charge in [-0.25, -0.2) is 17.9 Å². The molecule has 2 heterocycles. The Morgan fingerprint density at radius 2 is 2.19 bits per heavy atom. The van der Waals surface area contributed by atoms with Crippen molar-refractivity contribution < 1.29 is 23.1 Å². The fraction of sp³-hybridized carbons (Fsp3) is 0.615. The number of nitrogens with zero attached hydrogens (tertiary/aromatic N) is 1. The number of aromatic carboxylic acids is 1. The number of carboxylic acid groups (broad SMARTS) is 1. The van der Waals surface area contributed by atoms with Crippen LogP contribution in [0.1, 0.15) is 43.7 Å². The molecule has 2 N–H and O–H groups in total. The van der Waals surface area contributed by atoms with E-state index in [0.29, 0.717) is 13.0 Å². The van der Waals surface area contributed by atoms with Crippen molar-refractivity contribution in [3.8, 4) is 0 Å². The summed E-state index contributed by atoms with van der Waals surface area (Å²) in [5.74, 6) is -1.15. The van der Waals surface area contributed by atoms with Crippen LogP contribution in [0.25, 0.3) is 0 Å². The number of ether oxygens (including phenoxy) is 1. The zero-order valence-corrected chi connectivity index (χ0v) is 13.1. The van der Waals surface area contributed by atoms with Crippen LogP contribution >= 0.6 is 0 Å². The fourth-order valence-electron chi connectivity index (χ4n) is 2.35. The number of sulfonamides is 1. The topological polar surface area (TPSA) is 97.6 Å². The van der Waals surface area contributed by atoms with Crippen LogP contribution in [0.4, 0.5) is 0 Å². The third kappa shape index (κ3) is 3.28. The van der Waals surface area contributed by atoms with Gasteiger partial charge in [-0.15, -0.1) is 0 Å². The van der Waals surface area contributed by atoms with Crippen molar-refractivity contribution in [2.45, 2.75) is 50.3 Å². The SMILES string of the molecule is CC1OCCC1NS(=O)(=O)c1cc(C(=O)O)n(C(C)C)c1. The number of nitrogens with one attached hydrogen (secondary N) is 1. The molecule has 1 aromatic rings. The molecule has 2 atom stereocenters. The molecule has 1 aliphatic rings. The van der Waals surface area contributed by atoms with Crippen LogP contribution in [0.5, 0.6) is 0 Å². The van der Waals surface area contributed by atoms with Crippen LogP contribution in [0, 0.1) is 0 Å². The lowest BCUT2D eigenvalue weighted by molar-refractivity contribution is 0.0683. The Bertz CT molecular complexity index is 635. The Kier molecular flexibility index (Phi) is 4.40. The zero-order chi connectivity index (χ0) is 15.8. The summed E-state index contributed by atoms with van der Waals surface area (Å²) >= 11 is 0. The van der Waals surface area contributed by atoms with Crippen molar-refractivity contribution in [1.82, 2.24) is 9.29 Å². The standard InChI is InChI=1S/C13H20N2O5S/c1-8(2)15-7-10(6-12(15)13(16)17)21(18,19)14-11-4-5-20-9(11)3/h6-9,11,14H,4-5H2,1-3H3,(H,16,17). The predicted octanol–water partition coefficient (Wildman–Crippen LogP) is 1.22. The average molecular weight is 316 g/mol. The van der Waals surface area contributed by atoms with E-state index >= 15 is 0 Å². The van der Waals surface area contributed by atoms with E-state index < -0.39 is 16.0 Å². The molecule has 1 aliphatic heterocycles. The van der Waals surface area contributed by atoms with Crippen LogP contribution in [0.3, 0.4) is 0 Å². The molecule has 2 unspecified atom stereocenters. The molecule has 0 bridgehead atoms. The minimum absolute atomic E-state index is 0.0345. The molecular weight excluding hydrogens is 296 g/mol. The first-order valence-corrected chi connectivity index (χ1v) is 8.30. The van der Waals surface area contributed by atoms with E-state index in [1.54, 1.807) is 13.8 Å². The molecule has 0 aliphatic carbocycles. The molecular formula is C13H20N2O5S. The van der Waals surface area contributed by atoms with E-state index in [1.165, 1.54) is 16.8 Å². The Hall–Kier alpha value is -1.38. The van der Waals surface area contributed by atoms with Crippen LogP contribution in [-0.2, 0) is 14.8 Å². The molecule has 1 fully saturated rings. The van der Waals surface area contributed by atoms with Crippen LogP contribution < -0.4 is 4.72 Å². The second-order valence-electron chi connectivity index (χ2n) is 5.46. The highest BCUT2D eigenvalue weighted by molar-refractivity contribution is 7.89. The van der Waals surface area contributed by atoms with Crippen LogP contribution in [0.15, 0.2) is 17.2 Å². The molecule has 7 nitrogen and oxygen atoms in total. The van der Waals surface area contributed by atoms with E-state index in [0.717, 1.165) is 0 Å². The maximum Gasteiger partial charge on any atom is 0.352 e. The van der Waals surface area contributed by atoms with Crippen molar-refractivity contribution in [3.05, 3.63) is 18.0 Å². The van der Waals surface area contributed by atoms with Gasteiger partial charge < -0.3 is 14.4 Å². The van der Waals surface area contributed by atoms with Gasteiger partial charge >= 0.3 is 5.97 Å². The number of rotatable bonds is 5. The van der Waals surface area contributed by atoms with Gasteiger partial charge in [0.25, 0.3) is 0 Å². The maximum atomic E-state index is 12.4. The van der Waals surface area contributed by atoms with Crippen molar-refractivity contribution >= 4 is 16.0 Å². The van der Waals surface area contributed by atoms with Gasteiger partial charge in [0.1, 0.15) is 10.6 Å². The van der Waals surface area contributed by atoms with Crippen molar-refractivity contribution in [2.24, 2.45) is 0 Å². The first-order chi connectivity index (χ1) is 9.72. The van der Waals surface area contributed by atoms with Gasteiger partial charge in [0.15, 0.2) is 0 Å². The van der Waals surface area contributed by atoms with E-state index in [4.69, 9.17) is 9.84 Å². The highest BCUT2D eigenvalue weighted by Gasteiger charge is 2.30. The summed E-state index contributed by atoms with van der Waals surface area (Å²) in [6.45, 7) is 5.91. The summed E-state index contributed by atoms with van der Waals surface area (Å²) in [5.41, 5.74) is -0.0407. The maximum absolute atomic E-state index is 12.4. The molecule has 1 saturated heterocycles. The molecule has 1 aromatic heterocycles. The quantitative estimate of drug-likeness (QED) is 0.851. The minimum Gasteiger partial charge on any atom is -0.477 e. The molecule has 0 saturated carbocycles. The van der Waals surface area contributed by atoms with E-state index in [1.807, 2.05) is 6.92 Å². The number of aromatic nitrogens is 1. The van der Waals surface area contributed by atoms with Crippen molar-refractivity contribution in [3.63, 3.8) is 0 Å². The molecule has 8 heteroatoms. The number of carbonyl (C=O) groups is 1. The number of hydrogen-bond acceptors (Lipinski definition) is 4. The monoisotopic (exact) mass is 316 g/mol. The summed E-state index contributed by atoms with van der Waals surface area (Å²) in [7, 11) is -3.76. The van der Waals surface area contributed by atoms with Crippen molar-refractivity contribution in [2.75, 3.05) is 6.61 Å². The average Bonchev–Trinajstić information content (AvgIpc) is 2.96. The fourth-order valence-corrected chi connectivity index (χ4v) is 3.72. The van der Waals surface area contributed by atoms with Crippen LogP contribution in [0.2, 0.25) is 0 Å².